The van der Waals surface area contributed by atoms with Crippen LogP contribution >= 0.6 is 11.8 Å². The lowest BCUT2D eigenvalue weighted by Gasteiger charge is -2.33. The number of likely N-dealkylation sites (tertiary alicyclic amines) is 1. The zero-order valence-electron chi connectivity index (χ0n) is 10.9. The molecule has 2 rings (SSSR count). The molecule has 2 heterocycles. The first-order chi connectivity index (χ1) is 8.72. The van der Waals surface area contributed by atoms with Gasteiger partial charge in [0.05, 0.1) is 17.8 Å². The van der Waals surface area contributed by atoms with Crippen LogP contribution < -0.4 is 0 Å². The summed E-state index contributed by atoms with van der Waals surface area (Å²) in [5.41, 5.74) is 0. The number of rotatable bonds is 3. The van der Waals surface area contributed by atoms with E-state index in [1.54, 1.807) is 11.8 Å². The summed E-state index contributed by atoms with van der Waals surface area (Å²) in [6, 6.07) is 0. The highest BCUT2D eigenvalue weighted by atomic mass is 32.2. The highest BCUT2D eigenvalue weighted by Gasteiger charge is 2.33. The van der Waals surface area contributed by atoms with E-state index in [0.717, 1.165) is 38.0 Å². The highest BCUT2D eigenvalue weighted by Crippen LogP contribution is 2.29. The summed E-state index contributed by atoms with van der Waals surface area (Å²) in [6.07, 6.45) is 3.88. The zero-order chi connectivity index (χ0) is 13.0. The van der Waals surface area contributed by atoms with E-state index in [9.17, 15) is 9.59 Å². The molecular formula is C13H21NO3S. The van der Waals surface area contributed by atoms with E-state index in [1.807, 2.05) is 11.8 Å². The molecule has 18 heavy (non-hydrogen) atoms. The van der Waals surface area contributed by atoms with Crippen LogP contribution in [0.15, 0.2) is 0 Å². The number of carbonyl (C=O) groups excluding carboxylic acids is 2. The predicted octanol–water partition coefficient (Wildman–Crippen LogP) is 1.68. The van der Waals surface area contributed by atoms with Crippen LogP contribution in [0.4, 0.5) is 0 Å². The number of piperidine rings is 1. The maximum atomic E-state index is 12.3. The standard InChI is InChI=1S/C13H21NO3S/c1-2-17-13(16)10-5-3-7-14(9-10)12(15)11-6-4-8-18-11/h10-11H,2-9H2,1H3/t10-,11?/m1/s1. The van der Waals surface area contributed by atoms with Crippen LogP contribution in [0.3, 0.4) is 0 Å². The van der Waals surface area contributed by atoms with Crippen LogP contribution in [0.5, 0.6) is 0 Å². The maximum absolute atomic E-state index is 12.3. The van der Waals surface area contributed by atoms with Crippen molar-refractivity contribution in [2.45, 2.75) is 37.9 Å². The Morgan fingerprint density at radius 1 is 1.33 bits per heavy atom. The van der Waals surface area contributed by atoms with Gasteiger partial charge in [-0.25, -0.2) is 0 Å². The van der Waals surface area contributed by atoms with Crippen molar-refractivity contribution in [2.75, 3.05) is 25.4 Å². The summed E-state index contributed by atoms with van der Waals surface area (Å²) >= 11 is 1.76. The monoisotopic (exact) mass is 271 g/mol. The minimum absolute atomic E-state index is 0.117. The van der Waals surface area contributed by atoms with E-state index in [0.29, 0.717) is 13.2 Å². The Morgan fingerprint density at radius 3 is 2.83 bits per heavy atom. The van der Waals surface area contributed by atoms with Crippen molar-refractivity contribution in [3.8, 4) is 0 Å². The minimum Gasteiger partial charge on any atom is -0.466 e. The van der Waals surface area contributed by atoms with Crippen molar-refractivity contribution in [3.05, 3.63) is 0 Å². The Kier molecular flexibility index (Phi) is 4.92. The van der Waals surface area contributed by atoms with Gasteiger partial charge in [0.25, 0.3) is 0 Å². The fraction of sp³-hybridized carbons (Fsp3) is 0.846. The quantitative estimate of drug-likeness (QED) is 0.733. The van der Waals surface area contributed by atoms with Crippen molar-refractivity contribution < 1.29 is 14.3 Å². The van der Waals surface area contributed by atoms with Gasteiger partial charge in [0.2, 0.25) is 5.91 Å². The van der Waals surface area contributed by atoms with Crippen molar-refractivity contribution in [3.63, 3.8) is 0 Å². The third-order valence-electron chi connectivity index (χ3n) is 3.56. The lowest BCUT2D eigenvalue weighted by molar-refractivity contribution is -0.151. The number of amides is 1. The summed E-state index contributed by atoms with van der Waals surface area (Å²) in [4.78, 5) is 25.9. The Morgan fingerprint density at radius 2 is 2.17 bits per heavy atom. The van der Waals surface area contributed by atoms with E-state index in [-0.39, 0.29) is 23.0 Å². The van der Waals surface area contributed by atoms with Crippen LogP contribution in [0.25, 0.3) is 0 Å². The van der Waals surface area contributed by atoms with Gasteiger partial charge in [0.1, 0.15) is 0 Å². The summed E-state index contributed by atoms with van der Waals surface area (Å²) < 4.78 is 5.05. The Hall–Kier alpha value is -0.710. The van der Waals surface area contributed by atoms with E-state index in [4.69, 9.17) is 4.74 Å². The molecule has 1 unspecified atom stereocenters. The molecule has 0 radical (unpaired) electrons. The Labute approximate surface area is 112 Å². The summed E-state index contributed by atoms with van der Waals surface area (Å²) in [7, 11) is 0. The molecule has 1 amide bonds. The first-order valence-corrected chi connectivity index (χ1v) is 7.84. The van der Waals surface area contributed by atoms with E-state index < -0.39 is 0 Å². The molecule has 2 aliphatic heterocycles. The van der Waals surface area contributed by atoms with E-state index >= 15 is 0 Å². The van der Waals surface area contributed by atoms with Gasteiger partial charge in [0, 0.05) is 13.1 Å². The number of nitrogens with zero attached hydrogens (tertiary/aromatic N) is 1. The van der Waals surface area contributed by atoms with Gasteiger partial charge in [-0.15, -0.1) is 11.8 Å². The maximum Gasteiger partial charge on any atom is 0.310 e. The van der Waals surface area contributed by atoms with E-state index in [1.165, 1.54) is 0 Å². The first kappa shape index (κ1) is 13.7. The Balaban J connectivity index is 1.89. The second kappa shape index (κ2) is 6.45. The molecule has 0 aromatic heterocycles. The van der Waals surface area contributed by atoms with Gasteiger partial charge < -0.3 is 9.64 Å². The minimum atomic E-state index is -0.144. The van der Waals surface area contributed by atoms with Crippen LogP contribution in [0.1, 0.15) is 32.6 Å². The molecule has 4 nitrogen and oxygen atoms in total. The number of hydrogen-bond acceptors (Lipinski definition) is 4. The molecule has 0 aromatic rings. The molecule has 2 atom stereocenters. The largest absolute Gasteiger partial charge is 0.466 e. The number of ether oxygens (including phenoxy) is 1. The van der Waals surface area contributed by atoms with Gasteiger partial charge in [-0.1, -0.05) is 0 Å². The molecular weight excluding hydrogens is 250 g/mol. The van der Waals surface area contributed by atoms with E-state index in [2.05, 4.69) is 0 Å². The molecule has 5 heteroatoms. The molecule has 0 bridgehead atoms. The van der Waals surface area contributed by atoms with Crippen LogP contribution in [0.2, 0.25) is 0 Å². The lowest BCUT2D eigenvalue weighted by atomic mass is 9.97. The molecule has 2 aliphatic rings. The molecule has 2 fully saturated rings. The third-order valence-corrected chi connectivity index (χ3v) is 4.92. The predicted molar refractivity (Wildman–Crippen MR) is 71.4 cm³/mol. The van der Waals surface area contributed by atoms with Crippen molar-refractivity contribution in [2.24, 2.45) is 5.92 Å². The topological polar surface area (TPSA) is 46.6 Å². The number of thioether (sulfide) groups is 1. The van der Waals surface area contributed by atoms with Crippen molar-refractivity contribution in [1.29, 1.82) is 0 Å². The lowest BCUT2D eigenvalue weighted by Crippen LogP contribution is -2.45. The fourth-order valence-corrected chi connectivity index (χ4v) is 3.85. The van der Waals surface area contributed by atoms with Gasteiger partial charge in [0.15, 0.2) is 0 Å². The zero-order valence-corrected chi connectivity index (χ0v) is 11.7. The van der Waals surface area contributed by atoms with Crippen molar-refractivity contribution in [1.82, 2.24) is 4.90 Å². The average Bonchev–Trinajstić information content (AvgIpc) is 2.92. The molecule has 0 aromatic carbocycles. The normalized spacial score (nSPS) is 28.2. The Bertz CT molecular complexity index is 315. The van der Waals surface area contributed by atoms with Crippen molar-refractivity contribution >= 4 is 23.6 Å². The number of carbonyl (C=O) groups is 2. The van der Waals surface area contributed by atoms with Gasteiger partial charge in [-0.3, -0.25) is 9.59 Å². The second-order valence-electron chi connectivity index (χ2n) is 4.88. The molecule has 102 valence electrons. The highest BCUT2D eigenvalue weighted by molar-refractivity contribution is 8.00. The third kappa shape index (κ3) is 3.19. The first-order valence-electron chi connectivity index (χ1n) is 6.79. The van der Waals surface area contributed by atoms with Crippen LogP contribution in [-0.2, 0) is 14.3 Å². The number of esters is 1. The SMILES string of the molecule is CCOC(=O)[C@@H]1CCCN(C(=O)C2CCCS2)C1. The van der Waals surface area contributed by atoms with Crippen LogP contribution in [-0.4, -0.2) is 47.5 Å². The summed E-state index contributed by atoms with van der Waals surface area (Å²) in [5.74, 6) is 1.06. The molecule has 0 N–H and O–H groups in total. The second-order valence-corrected chi connectivity index (χ2v) is 6.19. The van der Waals surface area contributed by atoms with Gasteiger partial charge >= 0.3 is 5.97 Å². The smallest absolute Gasteiger partial charge is 0.310 e. The summed E-state index contributed by atoms with van der Waals surface area (Å²) in [6.45, 7) is 3.58. The number of hydrogen-bond donors (Lipinski definition) is 0. The van der Waals surface area contributed by atoms with Crippen LogP contribution in [0, 0.1) is 5.92 Å². The summed E-state index contributed by atoms with van der Waals surface area (Å²) in [5, 5.41) is 0.131. The molecule has 0 saturated carbocycles. The average molecular weight is 271 g/mol. The molecule has 0 aliphatic carbocycles. The fourth-order valence-electron chi connectivity index (χ4n) is 2.61. The van der Waals surface area contributed by atoms with Gasteiger partial charge in [-0.05, 0) is 38.4 Å². The molecule has 2 saturated heterocycles. The molecule has 0 spiro atoms. The van der Waals surface area contributed by atoms with Gasteiger partial charge in [-0.2, -0.15) is 0 Å².